The van der Waals surface area contributed by atoms with E-state index in [2.05, 4.69) is 23.5 Å². The second-order valence-electron chi connectivity index (χ2n) is 3.45. The van der Waals surface area contributed by atoms with Gasteiger partial charge in [-0.3, -0.25) is 0 Å². The molecule has 0 heterocycles. The molecule has 1 aliphatic rings. The molecule has 0 saturated carbocycles. The van der Waals surface area contributed by atoms with Crippen LogP contribution in [0.5, 0.6) is 0 Å². The fraction of sp³-hybridized carbons (Fsp3) is 0.600. The summed E-state index contributed by atoms with van der Waals surface area (Å²) in [6, 6.07) is 0. The Morgan fingerprint density at radius 1 is 1.67 bits per heavy atom. The van der Waals surface area contributed by atoms with E-state index in [0.717, 1.165) is 19.4 Å². The van der Waals surface area contributed by atoms with Gasteiger partial charge in [0.05, 0.1) is 4.87 Å². The van der Waals surface area contributed by atoms with Crippen LogP contribution in [0, 0.1) is 0 Å². The SMILES string of the molecule is CNCCC1=CCC(C)(Cl)C=C1. The maximum atomic E-state index is 6.12. The van der Waals surface area contributed by atoms with Gasteiger partial charge in [0.2, 0.25) is 0 Å². The van der Waals surface area contributed by atoms with E-state index in [4.69, 9.17) is 11.6 Å². The van der Waals surface area contributed by atoms with Gasteiger partial charge in [0, 0.05) is 0 Å². The minimum atomic E-state index is -0.150. The van der Waals surface area contributed by atoms with Crippen LogP contribution in [0.15, 0.2) is 23.8 Å². The predicted molar refractivity (Wildman–Crippen MR) is 54.6 cm³/mol. The summed E-state index contributed by atoms with van der Waals surface area (Å²) in [5, 5.41) is 3.13. The van der Waals surface area contributed by atoms with E-state index in [-0.39, 0.29) is 4.87 Å². The van der Waals surface area contributed by atoms with Crippen molar-refractivity contribution in [2.75, 3.05) is 13.6 Å². The highest BCUT2D eigenvalue weighted by atomic mass is 35.5. The van der Waals surface area contributed by atoms with E-state index < -0.39 is 0 Å². The quantitative estimate of drug-likeness (QED) is 0.667. The van der Waals surface area contributed by atoms with Gasteiger partial charge < -0.3 is 5.32 Å². The molecular weight excluding hydrogens is 170 g/mol. The lowest BCUT2D eigenvalue weighted by Crippen LogP contribution is -2.15. The van der Waals surface area contributed by atoms with Crippen LogP contribution in [0.1, 0.15) is 19.8 Å². The number of allylic oxidation sites excluding steroid dienone is 3. The van der Waals surface area contributed by atoms with Crippen LogP contribution in [0.2, 0.25) is 0 Å². The zero-order chi connectivity index (χ0) is 9.03. The first-order valence-corrected chi connectivity index (χ1v) is 4.74. The molecule has 0 aromatic carbocycles. The molecule has 0 bridgehead atoms. The predicted octanol–water partition coefficient (Wildman–Crippen LogP) is 2.48. The highest BCUT2D eigenvalue weighted by molar-refractivity contribution is 6.25. The second-order valence-corrected chi connectivity index (χ2v) is 4.31. The van der Waals surface area contributed by atoms with E-state index in [0.29, 0.717) is 0 Å². The van der Waals surface area contributed by atoms with Crippen molar-refractivity contribution in [1.82, 2.24) is 5.32 Å². The summed E-state index contributed by atoms with van der Waals surface area (Å²) >= 11 is 6.12. The number of hydrogen-bond donors (Lipinski definition) is 1. The van der Waals surface area contributed by atoms with Gasteiger partial charge in [0.1, 0.15) is 0 Å². The highest BCUT2D eigenvalue weighted by Gasteiger charge is 2.17. The Balaban J connectivity index is 2.42. The van der Waals surface area contributed by atoms with Crippen LogP contribution >= 0.6 is 11.6 Å². The van der Waals surface area contributed by atoms with Gasteiger partial charge >= 0.3 is 0 Å². The molecule has 1 unspecified atom stereocenters. The highest BCUT2D eigenvalue weighted by Crippen LogP contribution is 2.27. The molecule has 68 valence electrons. The minimum Gasteiger partial charge on any atom is -0.319 e. The Labute approximate surface area is 79.5 Å². The van der Waals surface area contributed by atoms with E-state index in [1.54, 1.807) is 0 Å². The van der Waals surface area contributed by atoms with E-state index in [1.807, 2.05) is 14.0 Å². The molecule has 1 aliphatic carbocycles. The van der Waals surface area contributed by atoms with E-state index in [1.165, 1.54) is 5.57 Å². The first-order chi connectivity index (χ1) is 5.64. The number of rotatable bonds is 3. The van der Waals surface area contributed by atoms with Crippen LogP contribution in [0.3, 0.4) is 0 Å². The molecule has 12 heavy (non-hydrogen) atoms. The smallest absolute Gasteiger partial charge is 0.0635 e. The lowest BCUT2D eigenvalue weighted by molar-refractivity contribution is 0.747. The van der Waals surface area contributed by atoms with Gasteiger partial charge in [-0.05, 0) is 33.4 Å². The van der Waals surface area contributed by atoms with Gasteiger partial charge in [0.15, 0.2) is 0 Å². The van der Waals surface area contributed by atoms with E-state index >= 15 is 0 Å². The van der Waals surface area contributed by atoms with Crippen LogP contribution < -0.4 is 5.32 Å². The van der Waals surface area contributed by atoms with Crippen LogP contribution in [-0.4, -0.2) is 18.5 Å². The summed E-state index contributed by atoms with van der Waals surface area (Å²) in [7, 11) is 1.97. The van der Waals surface area contributed by atoms with Crippen molar-refractivity contribution in [3.05, 3.63) is 23.8 Å². The number of hydrogen-bond acceptors (Lipinski definition) is 1. The summed E-state index contributed by atoms with van der Waals surface area (Å²) in [6.45, 7) is 3.07. The Hall–Kier alpha value is -0.270. The number of alkyl halides is 1. The largest absolute Gasteiger partial charge is 0.319 e. The molecule has 0 saturated heterocycles. The number of halogens is 1. The molecule has 0 aromatic heterocycles. The maximum absolute atomic E-state index is 6.12. The van der Waals surface area contributed by atoms with Gasteiger partial charge in [0.25, 0.3) is 0 Å². The fourth-order valence-electron chi connectivity index (χ4n) is 1.20. The van der Waals surface area contributed by atoms with Gasteiger partial charge in [-0.2, -0.15) is 0 Å². The van der Waals surface area contributed by atoms with Crippen molar-refractivity contribution in [1.29, 1.82) is 0 Å². The first kappa shape index (κ1) is 9.82. The Morgan fingerprint density at radius 3 is 2.92 bits per heavy atom. The summed E-state index contributed by atoms with van der Waals surface area (Å²) in [5.74, 6) is 0. The molecule has 0 amide bonds. The molecule has 0 aromatic rings. The molecule has 0 aliphatic heterocycles. The molecular formula is C10H16ClN. The third-order valence-electron chi connectivity index (χ3n) is 2.07. The van der Waals surface area contributed by atoms with Crippen LogP contribution in [-0.2, 0) is 0 Å². The number of nitrogens with one attached hydrogen (secondary N) is 1. The molecule has 1 rings (SSSR count). The lowest BCUT2D eigenvalue weighted by Gasteiger charge is -2.20. The average molecular weight is 186 g/mol. The molecule has 2 heteroatoms. The summed E-state index contributed by atoms with van der Waals surface area (Å²) in [4.78, 5) is -0.150. The van der Waals surface area contributed by atoms with Crippen LogP contribution in [0.4, 0.5) is 0 Å². The third kappa shape index (κ3) is 3.00. The zero-order valence-electron chi connectivity index (χ0n) is 7.73. The molecule has 0 radical (unpaired) electrons. The normalized spacial score (nSPS) is 28.8. The van der Waals surface area contributed by atoms with Crippen molar-refractivity contribution >= 4 is 11.6 Å². The van der Waals surface area contributed by atoms with Crippen molar-refractivity contribution < 1.29 is 0 Å². The molecule has 1 nitrogen and oxygen atoms in total. The standard InChI is InChI=1S/C10H16ClN/c1-10(11)6-3-9(4-7-10)5-8-12-2/h3-4,6,12H,5,7-8H2,1-2H3. The Morgan fingerprint density at radius 2 is 2.42 bits per heavy atom. The van der Waals surface area contributed by atoms with Gasteiger partial charge in [-0.1, -0.05) is 23.8 Å². The molecule has 1 N–H and O–H groups in total. The second kappa shape index (κ2) is 4.11. The van der Waals surface area contributed by atoms with Crippen LogP contribution in [0.25, 0.3) is 0 Å². The summed E-state index contributed by atoms with van der Waals surface area (Å²) in [6.07, 6.45) is 8.49. The first-order valence-electron chi connectivity index (χ1n) is 4.36. The van der Waals surface area contributed by atoms with Crippen molar-refractivity contribution in [3.63, 3.8) is 0 Å². The lowest BCUT2D eigenvalue weighted by atomic mass is 9.96. The van der Waals surface area contributed by atoms with Gasteiger partial charge in [-0.15, -0.1) is 11.6 Å². The zero-order valence-corrected chi connectivity index (χ0v) is 8.49. The van der Waals surface area contributed by atoms with Gasteiger partial charge in [-0.25, -0.2) is 0 Å². The maximum Gasteiger partial charge on any atom is 0.0635 e. The van der Waals surface area contributed by atoms with E-state index in [9.17, 15) is 0 Å². The topological polar surface area (TPSA) is 12.0 Å². The fourth-order valence-corrected chi connectivity index (χ4v) is 1.34. The van der Waals surface area contributed by atoms with Crippen molar-refractivity contribution in [2.45, 2.75) is 24.6 Å². The van der Waals surface area contributed by atoms with Crippen molar-refractivity contribution in [2.24, 2.45) is 0 Å². The monoisotopic (exact) mass is 185 g/mol. The molecule has 1 atom stereocenters. The minimum absolute atomic E-state index is 0.150. The molecule has 0 fully saturated rings. The van der Waals surface area contributed by atoms with Crippen molar-refractivity contribution in [3.8, 4) is 0 Å². The Kier molecular flexibility index (Phi) is 3.36. The summed E-state index contributed by atoms with van der Waals surface area (Å²) < 4.78 is 0. The molecule has 0 spiro atoms. The Bertz CT molecular complexity index is 204. The third-order valence-corrected chi connectivity index (χ3v) is 2.35. The average Bonchev–Trinajstić information content (AvgIpc) is 2.03. The summed E-state index contributed by atoms with van der Waals surface area (Å²) in [5.41, 5.74) is 1.39.